The van der Waals surface area contributed by atoms with E-state index in [1.165, 1.54) is 0 Å². The second-order valence-corrected chi connectivity index (χ2v) is 8.90. The van der Waals surface area contributed by atoms with Crippen LogP contribution in [0.3, 0.4) is 0 Å². The summed E-state index contributed by atoms with van der Waals surface area (Å²) in [4.78, 5) is 28.0. The molecule has 0 radical (unpaired) electrons. The van der Waals surface area contributed by atoms with Crippen LogP contribution < -0.4 is 5.32 Å². The first-order chi connectivity index (χ1) is 16.0. The molecule has 2 amide bonds. The van der Waals surface area contributed by atoms with E-state index in [-0.39, 0.29) is 24.3 Å². The minimum atomic E-state index is -0.281. The average Bonchev–Trinajstić information content (AvgIpc) is 3.50. The maximum absolute atomic E-state index is 12.9. The van der Waals surface area contributed by atoms with Crippen LogP contribution in [0.1, 0.15) is 29.3 Å². The first kappa shape index (κ1) is 22.5. The molecule has 2 aromatic carbocycles. The van der Waals surface area contributed by atoms with Crippen molar-refractivity contribution in [1.82, 2.24) is 20.0 Å². The van der Waals surface area contributed by atoms with E-state index in [0.717, 1.165) is 21.8 Å². The highest BCUT2D eigenvalue weighted by atomic mass is 32.1. The van der Waals surface area contributed by atoms with Gasteiger partial charge in [-0.3, -0.25) is 9.59 Å². The van der Waals surface area contributed by atoms with Gasteiger partial charge in [-0.05, 0) is 42.6 Å². The number of carbonyl (C=O) groups is 2. The van der Waals surface area contributed by atoms with E-state index in [4.69, 9.17) is 5.10 Å². The molecule has 4 rings (SSSR count). The number of nitrogens with zero attached hydrogens (tertiary/aromatic N) is 3. The van der Waals surface area contributed by atoms with Gasteiger partial charge < -0.3 is 10.2 Å². The number of hydrogen-bond acceptors (Lipinski definition) is 4. The fourth-order valence-corrected chi connectivity index (χ4v) is 4.31. The summed E-state index contributed by atoms with van der Waals surface area (Å²) < 4.78 is 1.85. The number of benzene rings is 2. The molecule has 0 spiro atoms. The van der Waals surface area contributed by atoms with E-state index >= 15 is 0 Å². The van der Waals surface area contributed by atoms with E-state index in [1.54, 1.807) is 35.4 Å². The minimum absolute atomic E-state index is 0.0412. The Bertz CT molecular complexity index is 1200. The number of amides is 2. The molecule has 2 heterocycles. The van der Waals surface area contributed by atoms with Crippen molar-refractivity contribution in [2.75, 3.05) is 7.05 Å². The van der Waals surface area contributed by atoms with Gasteiger partial charge in [0.1, 0.15) is 5.69 Å². The third-order valence-corrected chi connectivity index (χ3v) is 6.17. The van der Waals surface area contributed by atoms with Crippen LogP contribution in [0.2, 0.25) is 0 Å². The molecule has 0 saturated heterocycles. The summed E-state index contributed by atoms with van der Waals surface area (Å²) in [5, 5.41) is 9.73. The molecular weight excluding hydrogens is 432 g/mol. The summed E-state index contributed by atoms with van der Waals surface area (Å²) in [7, 11) is 1.78. The van der Waals surface area contributed by atoms with Crippen LogP contribution >= 0.6 is 11.3 Å². The highest BCUT2D eigenvalue weighted by Crippen LogP contribution is 2.28. The van der Waals surface area contributed by atoms with Crippen LogP contribution in [0.15, 0.2) is 84.4 Å². The van der Waals surface area contributed by atoms with Crippen LogP contribution in [0.25, 0.3) is 16.3 Å². The zero-order valence-electron chi connectivity index (χ0n) is 18.6. The molecule has 33 heavy (non-hydrogen) atoms. The molecule has 0 aliphatic rings. The van der Waals surface area contributed by atoms with Crippen molar-refractivity contribution in [3.63, 3.8) is 0 Å². The molecule has 168 valence electrons. The molecular formula is C26H26N4O2S. The Morgan fingerprint density at radius 3 is 2.39 bits per heavy atom. The molecule has 2 aromatic heterocycles. The van der Waals surface area contributed by atoms with Crippen LogP contribution in [-0.4, -0.2) is 39.6 Å². The molecule has 1 atom stereocenters. The number of hydrogen-bond donors (Lipinski definition) is 1. The number of rotatable bonds is 8. The van der Waals surface area contributed by atoms with Crippen LogP contribution in [0.4, 0.5) is 0 Å². The van der Waals surface area contributed by atoms with Crippen molar-refractivity contribution in [1.29, 1.82) is 0 Å². The number of nitrogens with one attached hydrogen (secondary N) is 1. The van der Waals surface area contributed by atoms with Gasteiger partial charge in [0.05, 0.1) is 10.6 Å². The first-order valence-electron chi connectivity index (χ1n) is 10.8. The van der Waals surface area contributed by atoms with Gasteiger partial charge in [-0.15, -0.1) is 11.3 Å². The van der Waals surface area contributed by atoms with Crippen LogP contribution in [-0.2, 0) is 11.3 Å². The molecule has 0 aliphatic carbocycles. The predicted molar refractivity (Wildman–Crippen MR) is 131 cm³/mol. The number of para-hydroxylation sites is 1. The summed E-state index contributed by atoms with van der Waals surface area (Å²) >= 11 is 1.62. The van der Waals surface area contributed by atoms with Crippen molar-refractivity contribution in [2.45, 2.75) is 25.9 Å². The maximum Gasteiger partial charge on any atom is 0.251 e. The molecule has 7 heteroatoms. The molecule has 4 aromatic rings. The highest BCUT2D eigenvalue weighted by Gasteiger charge is 2.20. The quantitative estimate of drug-likeness (QED) is 0.414. The second-order valence-electron chi connectivity index (χ2n) is 7.95. The highest BCUT2D eigenvalue weighted by molar-refractivity contribution is 7.13. The largest absolute Gasteiger partial charge is 0.349 e. The molecule has 6 nitrogen and oxygen atoms in total. The van der Waals surface area contributed by atoms with Gasteiger partial charge in [-0.1, -0.05) is 42.5 Å². The van der Waals surface area contributed by atoms with Crippen LogP contribution in [0.5, 0.6) is 0 Å². The molecule has 1 N–H and O–H groups in total. The van der Waals surface area contributed by atoms with Gasteiger partial charge in [0.25, 0.3) is 5.91 Å². The fraction of sp³-hybridized carbons (Fsp3) is 0.192. The van der Waals surface area contributed by atoms with Crippen molar-refractivity contribution in [2.24, 2.45) is 0 Å². The third-order valence-electron chi connectivity index (χ3n) is 5.29. The van der Waals surface area contributed by atoms with Crippen LogP contribution in [0, 0.1) is 0 Å². The summed E-state index contributed by atoms with van der Waals surface area (Å²) in [6.45, 7) is 2.27. The van der Waals surface area contributed by atoms with Crippen molar-refractivity contribution in [3.05, 3.63) is 95.5 Å². The minimum Gasteiger partial charge on any atom is -0.349 e. The van der Waals surface area contributed by atoms with E-state index in [2.05, 4.69) is 5.32 Å². The zero-order chi connectivity index (χ0) is 23.2. The monoisotopic (exact) mass is 458 g/mol. The van der Waals surface area contributed by atoms with Gasteiger partial charge in [0.2, 0.25) is 5.91 Å². The Balaban J connectivity index is 1.45. The lowest BCUT2D eigenvalue weighted by molar-refractivity contribution is -0.130. The second kappa shape index (κ2) is 10.3. The summed E-state index contributed by atoms with van der Waals surface area (Å²) in [6.07, 6.45) is 2.20. The number of thiophene rings is 1. The maximum atomic E-state index is 12.9. The van der Waals surface area contributed by atoms with E-state index in [9.17, 15) is 9.59 Å². The average molecular weight is 459 g/mol. The normalized spacial score (nSPS) is 11.7. The Labute approximate surface area is 197 Å². The first-order valence-corrected chi connectivity index (χ1v) is 11.7. The van der Waals surface area contributed by atoms with Gasteiger partial charge in [0, 0.05) is 43.4 Å². The zero-order valence-corrected chi connectivity index (χ0v) is 19.5. The van der Waals surface area contributed by atoms with Crippen molar-refractivity contribution < 1.29 is 9.59 Å². The Morgan fingerprint density at radius 1 is 1.03 bits per heavy atom. The fourth-order valence-electron chi connectivity index (χ4n) is 3.57. The summed E-state index contributed by atoms with van der Waals surface area (Å²) in [6, 6.07) is 22.7. The van der Waals surface area contributed by atoms with Gasteiger partial charge >= 0.3 is 0 Å². The smallest absolute Gasteiger partial charge is 0.251 e. The van der Waals surface area contributed by atoms with Gasteiger partial charge in [-0.2, -0.15) is 5.10 Å². The number of aromatic nitrogens is 2. The summed E-state index contributed by atoms with van der Waals surface area (Å²) in [5.41, 5.74) is 3.39. The third kappa shape index (κ3) is 5.56. The Kier molecular flexibility index (Phi) is 7.00. The molecule has 0 aliphatic heterocycles. The lowest BCUT2D eigenvalue weighted by Gasteiger charge is -2.20. The topological polar surface area (TPSA) is 67.2 Å². The standard InChI is InChI=1S/C26H26N4O2S/c1-19(27-26(32)20-10-5-3-6-11-20)16-24(31)29(2)17-21-18-30(22-12-7-4-8-13-22)28-25(21)23-14-9-15-33-23/h3-15,18-19H,16-17H2,1-2H3,(H,27,32). The summed E-state index contributed by atoms with van der Waals surface area (Å²) in [5.74, 6) is -0.219. The Hall–Kier alpha value is -3.71. The molecule has 1 unspecified atom stereocenters. The Morgan fingerprint density at radius 2 is 1.73 bits per heavy atom. The lowest BCUT2D eigenvalue weighted by atomic mass is 10.1. The van der Waals surface area contributed by atoms with Crippen molar-refractivity contribution >= 4 is 23.2 Å². The molecule has 0 bridgehead atoms. The molecule has 0 fully saturated rings. The van der Waals surface area contributed by atoms with E-state index in [1.807, 2.05) is 83.8 Å². The van der Waals surface area contributed by atoms with Gasteiger partial charge in [-0.25, -0.2) is 4.68 Å². The van der Waals surface area contributed by atoms with Crippen molar-refractivity contribution in [3.8, 4) is 16.3 Å². The van der Waals surface area contributed by atoms with E-state index in [0.29, 0.717) is 12.1 Å². The molecule has 0 saturated carbocycles. The van der Waals surface area contributed by atoms with Gasteiger partial charge in [0.15, 0.2) is 0 Å². The lowest BCUT2D eigenvalue weighted by Crippen LogP contribution is -2.37. The SMILES string of the molecule is CC(CC(=O)N(C)Cc1cn(-c2ccccc2)nc1-c1cccs1)NC(=O)c1ccccc1. The number of carbonyl (C=O) groups excluding carboxylic acids is 2. The van der Waals surface area contributed by atoms with E-state index < -0.39 is 0 Å². The predicted octanol–water partition coefficient (Wildman–Crippen LogP) is 4.77.